The van der Waals surface area contributed by atoms with E-state index in [0.717, 1.165) is 6.07 Å². The van der Waals surface area contributed by atoms with Gasteiger partial charge in [-0.3, -0.25) is 10.1 Å². The molecule has 0 saturated heterocycles. The maximum atomic E-state index is 12.2. The number of halogens is 1. The van der Waals surface area contributed by atoms with Gasteiger partial charge < -0.3 is 19.5 Å². The number of anilines is 1. The Hall–Kier alpha value is -3.19. The molecular weight excluding hydrogens is 384 g/mol. The molecule has 7 nitrogen and oxygen atoms in total. The number of ether oxygens (including phenoxy) is 1. The van der Waals surface area contributed by atoms with Crippen molar-refractivity contribution in [2.24, 2.45) is 5.92 Å². The van der Waals surface area contributed by atoms with Gasteiger partial charge in [0.15, 0.2) is 0 Å². The summed E-state index contributed by atoms with van der Waals surface area (Å²) >= 11 is 6.00. The molecule has 0 bridgehead atoms. The maximum absolute atomic E-state index is 12.2. The lowest BCUT2D eigenvalue weighted by atomic mass is 9.99. The van der Waals surface area contributed by atoms with Crippen molar-refractivity contribution in [3.05, 3.63) is 41.4 Å². The van der Waals surface area contributed by atoms with Gasteiger partial charge in [-0.2, -0.15) is 0 Å². The second kappa shape index (κ2) is 7.82. The maximum Gasteiger partial charge on any atom is 0.239 e. The number of rotatable bonds is 5. The number of hydrogen-bond donors (Lipinski definition) is 3. The minimum atomic E-state index is -0.270. The molecule has 146 valence electrons. The van der Waals surface area contributed by atoms with Crippen molar-refractivity contribution < 1.29 is 24.3 Å². The molecule has 3 aromatic rings. The number of amides is 1. The summed E-state index contributed by atoms with van der Waals surface area (Å²) in [4.78, 5) is 12.2. The highest BCUT2D eigenvalue weighted by Gasteiger charge is 2.24. The standard InChI is InChI=1S/C20H19ClN2O5/c1-10(2)19(26)22-20-17(11-4-6-12(27-3)7-5-11)18(23-28-20)13-8-14(21)16(25)9-15(13)24/h4-10,24-25H,1-3H3,(H,22,26). The smallest absolute Gasteiger partial charge is 0.239 e. The van der Waals surface area contributed by atoms with Crippen LogP contribution in [0.5, 0.6) is 17.2 Å². The molecule has 3 rings (SSSR count). The number of carbonyl (C=O) groups is 1. The fourth-order valence-corrected chi connectivity index (χ4v) is 2.75. The largest absolute Gasteiger partial charge is 0.507 e. The Labute approximate surface area is 166 Å². The summed E-state index contributed by atoms with van der Waals surface area (Å²) < 4.78 is 10.6. The highest BCUT2D eigenvalue weighted by Crippen LogP contribution is 2.44. The molecule has 0 saturated carbocycles. The fraction of sp³-hybridized carbons (Fsp3) is 0.200. The summed E-state index contributed by atoms with van der Waals surface area (Å²) in [5, 5.41) is 26.8. The van der Waals surface area contributed by atoms with Gasteiger partial charge in [0.05, 0.1) is 17.7 Å². The first kappa shape index (κ1) is 19.6. The van der Waals surface area contributed by atoms with Crippen molar-refractivity contribution >= 4 is 23.4 Å². The van der Waals surface area contributed by atoms with Crippen molar-refractivity contribution in [3.63, 3.8) is 0 Å². The number of hydrogen-bond acceptors (Lipinski definition) is 6. The molecule has 0 radical (unpaired) electrons. The monoisotopic (exact) mass is 402 g/mol. The number of aromatic hydroxyl groups is 2. The van der Waals surface area contributed by atoms with Gasteiger partial charge in [-0.1, -0.05) is 42.7 Å². The summed E-state index contributed by atoms with van der Waals surface area (Å²) in [7, 11) is 1.56. The van der Waals surface area contributed by atoms with Crippen LogP contribution in [-0.2, 0) is 4.79 Å². The van der Waals surface area contributed by atoms with Crippen LogP contribution in [0.1, 0.15) is 13.8 Å². The average molecular weight is 403 g/mol. The van der Waals surface area contributed by atoms with Crippen LogP contribution in [0, 0.1) is 5.92 Å². The number of aromatic nitrogens is 1. The van der Waals surface area contributed by atoms with Crippen LogP contribution in [-0.4, -0.2) is 28.4 Å². The van der Waals surface area contributed by atoms with Crippen LogP contribution in [0.4, 0.5) is 5.88 Å². The zero-order valence-electron chi connectivity index (χ0n) is 15.5. The zero-order valence-corrected chi connectivity index (χ0v) is 16.2. The van der Waals surface area contributed by atoms with Crippen LogP contribution in [0.25, 0.3) is 22.4 Å². The Morgan fingerprint density at radius 3 is 2.46 bits per heavy atom. The highest BCUT2D eigenvalue weighted by atomic mass is 35.5. The van der Waals surface area contributed by atoms with E-state index in [1.165, 1.54) is 6.07 Å². The predicted molar refractivity (Wildman–Crippen MR) is 106 cm³/mol. The Morgan fingerprint density at radius 2 is 1.86 bits per heavy atom. The molecule has 1 amide bonds. The summed E-state index contributed by atoms with van der Waals surface area (Å²) in [6.45, 7) is 3.51. The Kier molecular flexibility index (Phi) is 5.46. The second-order valence-electron chi connectivity index (χ2n) is 6.43. The van der Waals surface area contributed by atoms with Gasteiger partial charge in [0, 0.05) is 17.5 Å². The average Bonchev–Trinajstić information content (AvgIpc) is 3.07. The van der Waals surface area contributed by atoms with E-state index in [4.69, 9.17) is 20.9 Å². The molecule has 0 aliphatic heterocycles. The number of nitrogens with one attached hydrogen (secondary N) is 1. The lowest BCUT2D eigenvalue weighted by Gasteiger charge is -2.10. The van der Waals surface area contributed by atoms with Gasteiger partial charge >= 0.3 is 0 Å². The van der Waals surface area contributed by atoms with Gasteiger partial charge in [-0.15, -0.1) is 0 Å². The Bertz CT molecular complexity index is 1010. The van der Waals surface area contributed by atoms with Gasteiger partial charge in [-0.05, 0) is 23.8 Å². The SMILES string of the molecule is COc1ccc(-c2c(-c3cc(Cl)c(O)cc3O)noc2NC(=O)C(C)C)cc1. The van der Waals surface area contributed by atoms with E-state index in [2.05, 4.69) is 10.5 Å². The van der Waals surface area contributed by atoms with E-state index in [1.54, 1.807) is 45.2 Å². The first-order chi connectivity index (χ1) is 13.3. The number of benzene rings is 2. The Balaban J connectivity index is 2.19. The van der Waals surface area contributed by atoms with E-state index >= 15 is 0 Å². The molecule has 0 atom stereocenters. The van der Waals surface area contributed by atoms with Crippen LogP contribution in [0.3, 0.4) is 0 Å². The van der Waals surface area contributed by atoms with Crippen molar-refractivity contribution in [1.29, 1.82) is 0 Å². The predicted octanol–water partition coefficient (Wildman–Crippen LogP) is 4.68. The molecule has 0 unspecified atom stereocenters. The Morgan fingerprint density at radius 1 is 1.18 bits per heavy atom. The summed E-state index contributed by atoms with van der Waals surface area (Å²) in [6, 6.07) is 9.56. The summed E-state index contributed by atoms with van der Waals surface area (Å²) in [5.41, 5.74) is 1.67. The molecular formula is C20H19ClN2O5. The minimum absolute atomic E-state index is 0.0456. The lowest BCUT2D eigenvalue weighted by molar-refractivity contribution is -0.119. The lowest BCUT2D eigenvalue weighted by Crippen LogP contribution is -2.17. The molecule has 0 aliphatic rings. The minimum Gasteiger partial charge on any atom is -0.507 e. The molecule has 1 heterocycles. The quantitative estimate of drug-likeness (QED) is 0.572. The van der Waals surface area contributed by atoms with E-state index in [9.17, 15) is 15.0 Å². The van der Waals surface area contributed by atoms with E-state index in [-0.39, 0.29) is 45.5 Å². The van der Waals surface area contributed by atoms with Crippen molar-refractivity contribution in [3.8, 4) is 39.6 Å². The molecule has 0 fully saturated rings. The third kappa shape index (κ3) is 3.75. The number of nitrogens with zero attached hydrogens (tertiary/aromatic N) is 1. The number of methoxy groups -OCH3 is 1. The van der Waals surface area contributed by atoms with Gasteiger partial charge in [0.1, 0.15) is 22.9 Å². The molecule has 8 heteroatoms. The molecule has 0 spiro atoms. The van der Waals surface area contributed by atoms with Gasteiger partial charge in [-0.25, -0.2) is 0 Å². The molecule has 28 heavy (non-hydrogen) atoms. The van der Waals surface area contributed by atoms with Crippen LogP contribution in [0.15, 0.2) is 40.9 Å². The third-order valence-electron chi connectivity index (χ3n) is 4.15. The molecule has 1 aromatic heterocycles. The molecule has 2 aromatic carbocycles. The second-order valence-corrected chi connectivity index (χ2v) is 6.84. The molecule has 0 aliphatic carbocycles. The van der Waals surface area contributed by atoms with Crippen molar-refractivity contribution in [1.82, 2.24) is 5.16 Å². The summed E-state index contributed by atoms with van der Waals surface area (Å²) in [5.74, 6) is -0.204. The van der Waals surface area contributed by atoms with E-state index in [0.29, 0.717) is 16.9 Å². The van der Waals surface area contributed by atoms with Gasteiger partial charge in [0.2, 0.25) is 11.8 Å². The first-order valence-electron chi connectivity index (χ1n) is 8.48. The number of carbonyl (C=O) groups excluding carboxylic acids is 1. The van der Waals surface area contributed by atoms with Crippen molar-refractivity contribution in [2.75, 3.05) is 12.4 Å². The zero-order chi connectivity index (χ0) is 20.4. The van der Waals surface area contributed by atoms with Crippen LogP contribution in [0.2, 0.25) is 5.02 Å². The highest BCUT2D eigenvalue weighted by molar-refractivity contribution is 6.32. The van der Waals surface area contributed by atoms with Crippen LogP contribution >= 0.6 is 11.6 Å². The number of phenolic OH excluding ortho intramolecular Hbond substituents is 2. The van der Waals surface area contributed by atoms with E-state index < -0.39 is 0 Å². The van der Waals surface area contributed by atoms with Gasteiger partial charge in [0.25, 0.3) is 0 Å². The van der Waals surface area contributed by atoms with Crippen LogP contribution < -0.4 is 10.1 Å². The topological polar surface area (TPSA) is 105 Å². The third-order valence-corrected chi connectivity index (χ3v) is 4.45. The summed E-state index contributed by atoms with van der Waals surface area (Å²) in [6.07, 6.45) is 0. The normalized spacial score (nSPS) is 10.9. The molecule has 3 N–H and O–H groups in total. The number of phenols is 2. The fourth-order valence-electron chi connectivity index (χ4n) is 2.58. The van der Waals surface area contributed by atoms with Crippen molar-refractivity contribution in [2.45, 2.75) is 13.8 Å². The first-order valence-corrected chi connectivity index (χ1v) is 8.86. The van der Waals surface area contributed by atoms with E-state index in [1.807, 2.05) is 0 Å².